The first-order valence-electron chi connectivity index (χ1n) is 6.49. The Labute approximate surface area is 112 Å². The van der Waals surface area contributed by atoms with Gasteiger partial charge >= 0.3 is 0 Å². The minimum Gasteiger partial charge on any atom is -0.346 e. The Morgan fingerprint density at radius 3 is 3.00 bits per heavy atom. The molecule has 0 aliphatic heterocycles. The van der Waals surface area contributed by atoms with Gasteiger partial charge in [0.1, 0.15) is 0 Å². The van der Waals surface area contributed by atoms with Crippen molar-refractivity contribution < 1.29 is 0 Å². The SMILES string of the molecule is CNCc1cccn1Cc1ccc2ncccc2c1. The van der Waals surface area contributed by atoms with Gasteiger partial charge in [-0.15, -0.1) is 0 Å². The summed E-state index contributed by atoms with van der Waals surface area (Å²) in [7, 11) is 1.97. The fourth-order valence-electron chi connectivity index (χ4n) is 2.37. The second-order valence-electron chi connectivity index (χ2n) is 4.69. The highest BCUT2D eigenvalue weighted by molar-refractivity contribution is 5.78. The van der Waals surface area contributed by atoms with Gasteiger partial charge in [0.2, 0.25) is 0 Å². The van der Waals surface area contributed by atoms with Gasteiger partial charge in [0, 0.05) is 36.6 Å². The van der Waals surface area contributed by atoms with Crippen molar-refractivity contribution in [1.82, 2.24) is 14.9 Å². The van der Waals surface area contributed by atoms with Crippen LogP contribution in [-0.2, 0) is 13.1 Å². The van der Waals surface area contributed by atoms with Gasteiger partial charge in [0.25, 0.3) is 0 Å². The Kier molecular flexibility index (Phi) is 3.29. The maximum absolute atomic E-state index is 4.35. The van der Waals surface area contributed by atoms with Crippen molar-refractivity contribution in [3.8, 4) is 0 Å². The first-order valence-corrected chi connectivity index (χ1v) is 6.49. The molecule has 0 amide bonds. The van der Waals surface area contributed by atoms with Gasteiger partial charge in [0.05, 0.1) is 5.52 Å². The first kappa shape index (κ1) is 11.9. The van der Waals surface area contributed by atoms with E-state index in [1.165, 1.54) is 16.6 Å². The van der Waals surface area contributed by atoms with Crippen LogP contribution in [0.15, 0.2) is 54.9 Å². The van der Waals surface area contributed by atoms with Crippen LogP contribution in [0.25, 0.3) is 10.9 Å². The summed E-state index contributed by atoms with van der Waals surface area (Å²) in [5, 5.41) is 4.39. The molecule has 0 fully saturated rings. The third-order valence-electron chi connectivity index (χ3n) is 3.30. The van der Waals surface area contributed by atoms with E-state index in [-0.39, 0.29) is 0 Å². The van der Waals surface area contributed by atoms with E-state index in [0.29, 0.717) is 0 Å². The second kappa shape index (κ2) is 5.24. The molecule has 19 heavy (non-hydrogen) atoms. The quantitative estimate of drug-likeness (QED) is 0.772. The summed E-state index contributed by atoms with van der Waals surface area (Å²) in [6, 6.07) is 14.8. The fraction of sp³-hybridized carbons (Fsp3) is 0.188. The van der Waals surface area contributed by atoms with Crippen molar-refractivity contribution in [3.05, 3.63) is 66.1 Å². The minimum absolute atomic E-state index is 0.891. The topological polar surface area (TPSA) is 29.9 Å². The van der Waals surface area contributed by atoms with E-state index in [4.69, 9.17) is 0 Å². The van der Waals surface area contributed by atoms with E-state index in [1.54, 1.807) is 0 Å². The minimum atomic E-state index is 0.891. The third-order valence-corrected chi connectivity index (χ3v) is 3.30. The number of hydrogen-bond acceptors (Lipinski definition) is 2. The van der Waals surface area contributed by atoms with Crippen LogP contribution >= 0.6 is 0 Å². The smallest absolute Gasteiger partial charge is 0.0702 e. The summed E-state index contributed by atoms with van der Waals surface area (Å²) in [5.41, 5.74) is 3.65. The highest BCUT2D eigenvalue weighted by Crippen LogP contribution is 2.15. The molecule has 0 saturated heterocycles. The molecule has 0 atom stereocenters. The van der Waals surface area contributed by atoms with Crippen LogP contribution < -0.4 is 5.32 Å². The summed E-state index contributed by atoms with van der Waals surface area (Å²) >= 11 is 0. The highest BCUT2D eigenvalue weighted by Gasteiger charge is 2.02. The molecule has 3 heteroatoms. The van der Waals surface area contributed by atoms with Crippen LogP contribution in [0.4, 0.5) is 0 Å². The highest BCUT2D eigenvalue weighted by atomic mass is 15.0. The lowest BCUT2D eigenvalue weighted by atomic mass is 10.1. The van der Waals surface area contributed by atoms with Gasteiger partial charge < -0.3 is 9.88 Å². The third kappa shape index (κ3) is 2.51. The lowest BCUT2D eigenvalue weighted by Crippen LogP contribution is -2.11. The van der Waals surface area contributed by atoms with Gasteiger partial charge in [-0.05, 0) is 42.9 Å². The number of nitrogens with zero attached hydrogens (tertiary/aromatic N) is 2. The molecule has 3 nitrogen and oxygen atoms in total. The number of nitrogens with one attached hydrogen (secondary N) is 1. The van der Waals surface area contributed by atoms with Crippen LogP contribution in [0.5, 0.6) is 0 Å². The molecule has 0 radical (unpaired) electrons. The standard InChI is InChI=1S/C16H17N3/c1-17-11-15-5-3-9-19(15)12-13-6-7-16-14(10-13)4-2-8-18-16/h2-10,17H,11-12H2,1H3. The fourth-order valence-corrected chi connectivity index (χ4v) is 2.37. The molecule has 0 aliphatic carbocycles. The predicted octanol–water partition coefficient (Wildman–Crippen LogP) is 2.80. The summed E-state index contributed by atoms with van der Waals surface area (Å²) in [6.07, 6.45) is 3.96. The Morgan fingerprint density at radius 1 is 1.16 bits per heavy atom. The van der Waals surface area contributed by atoms with Crippen LogP contribution in [-0.4, -0.2) is 16.6 Å². The van der Waals surface area contributed by atoms with E-state index in [9.17, 15) is 0 Å². The van der Waals surface area contributed by atoms with Gasteiger partial charge in [-0.25, -0.2) is 0 Å². The van der Waals surface area contributed by atoms with Gasteiger partial charge in [-0.2, -0.15) is 0 Å². The summed E-state index contributed by atoms with van der Waals surface area (Å²) in [5.74, 6) is 0. The largest absolute Gasteiger partial charge is 0.346 e. The average molecular weight is 251 g/mol. The lowest BCUT2D eigenvalue weighted by Gasteiger charge is -2.09. The van der Waals surface area contributed by atoms with Crippen LogP contribution in [0, 0.1) is 0 Å². The molecular formula is C16H17N3. The van der Waals surface area contributed by atoms with Crippen LogP contribution in [0.2, 0.25) is 0 Å². The van der Waals surface area contributed by atoms with Crippen molar-refractivity contribution in [2.24, 2.45) is 0 Å². The molecule has 1 N–H and O–H groups in total. The lowest BCUT2D eigenvalue weighted by molar-refractivity contribution is 0.694. The predicted molar refractivity (Wildman–Crippen MR) is 78.0 cm³/mol. The summed E-state index contributed by atoms with van der Waals surface area (Å²) < 4.78 is 2.27. The van der Waals surface area contributed by atoms with Crippen LogP contribution in [0.3, 0.4) is 0 Å². The second-order valence-corrected chi connectivity index (χ2v) is 4.69. The number of hydrogen-bond donors (Lipinski definition) is 1. The molecule has 0 saturated carbocycles. The molecular weight excluding hydrogens is 234 g/mol. The maximum atomic E-state index is 4.35. The zero-order chi connectivity index (χ0) is 13.1. The molecule has 3 rings (SSSR count). The average Bonchev–Trinajstić information content (AvgIpc) is 2.86. The van der Waals surface area contributed by atoms with Crippen molar-refractivity contribution in [2.75, 3.05) is 7.05 Å². The van der Waals surface area contributed by atoms with Crippen molar-refractivity contribution >= 4 is 10.9 Å². The van der Waals surface area contributed by atoms with Crippen molar-refractivity contribution in [3.63, 3.8) is 0 Å². The van der Waals surface area contributed by atoms with E-state index >= 15 is 0 Å². The van der Waals surface area contributed by atoms with E-state index in [1.807, 2.05) is 19.3 Å². The monoisotopic (exact) mass is 251 g/mol. The molecule has 2 aromatic heterocycles. The number of rotatable bonds is 4. The Hall–Kier alpha value is -2.13. The van der Waals surface area contributed by atoms with Gasteiger partial charge in [0.15, 0.2) is 0 Å². The Balaban J connectivity index is 1.90. The Bertz CT molecular complexity index is 685. The summed E-state index contributed by atoms with van der Waals surface area (Å²) in [6.45, 7) is 1.79. The molecule has 2 heterocycles. The number of pyridine rings is 1. The van der Waals surface area contributed by atoms with E-state index < -0.39 is 0 Å². The molecule has 0 aliphatic rings. The molecule has 0 bridgehead atoms. The molecule has 1 aromatic carbocycles. The molecule has 3 aromatic rings. The zero-order valence-electron chi connectivity index (χ0n) is 11.0. The van der Waals surface area contributed by atoms with Crippen molar-refractivity contribution in [2.45, 2.75) is 13.1 Å². The van der Waals surface area contributed by atoms with E-state index in [0.717, 1.165) is 18.6 Å². The zero-order valence-corrected chi connectivity index (χ0v) is 11.0. The Morgan fingerprint density at radius 2 is 2.11 bits per heavy atom. The maximum Gasteiger partial charge on any atom is 0.0702 e. The first-order chi connectivity index (χ1) is 9.36. The van der Waals surface area contributed by atoms with E-state index in [2.05, 4.69) is 57.5 Å². The van der Waals surface area contributed by atoms with Gasteiger partial charge in [-0.1, -0.05) is 12.1 Å². The number of fused-ring (bicyclic) bond motifs is 1. The molecule has 0 unspecified atom stereocenters. The normalized spacial score (nSPS) is 11.0. The summed E-state index contributed by atoms with van der Waals surface area (Å²) in [4.78, 5) is 4.35. The van der Waals surface area contributed by atoms with Crippen LogP contribution in [0.1, 0.15) is 11.3 Å². The van der Waals surface area contributed by atoms with Crippen molar-refractivity contribution in [1.29, 1.82) is 0 Å². The van der Waals surface area contributed by atoms with Gasteiger partial charge in [-0.3, -0.25) is 4.98 Å². The molecule has 96 valence electrons. The number of aromatic nitrogens is 2. The molecule has 0 spiro atoms. The number of benzene rings is 1.